The number of nitrogens with two attached hydrogens (primary N) is 1. The lowest BCUT2D eigenvalue weighted by Crippen LogP contribution is -2.24. The molecular weight excluding hydrogens is 214 g/mol. The Labute approximate surface area is 104 Å². The lowest BCUT2D eigenvalue weighted by atomic mass is 9.89. The van der Waals surface area contributed by atoms with Gasteiger partial charge in [-0.3, -0.25) is 0 Å². The highest BCUT2D eigenvalue weighted by atomic mass is 32.2. The summed E-state index contributed by atoms with van der Waals surface area (Å²) < 4.78 is 0. The molecule has 90 valence electrons. The monoisotopic (exact) mass is 237 g/mol. The molecule has 1 unspecified atom stereocenters. The van der Waals surface area contributed by atoms with Gasteiger partial charge in [-0.2, -0.15) is 0 Å². The molecule has 0 aliphatic rings. The van der Waals surface area contributed by atoms with E-state index >= 15 is 0 Å². The minimum Gasteiger partial charge on any atom is -0.327 e. The van der Waals surface area contributed by atoms with Crippen LogP contribution in [0, 0.1) is 5.41 Å². The van der Waals surface area contributed by atoms with Crippen LogP contribution in [0.3, 0.4) is 0 Å². The van der Waals surface area contributed by atoms with Crippen molar-refractivity contribution < 1.29 is 0 Å². The maximum absolute atomic E-state index is 6.11. The Morgan fingerprint density at radius 3 is 2.38 bits per heavy atom. The van der Waals surface area contributed by atoms with E-state index in [4.69, 9.17) is 5.73 Å². The molecule has 0 fully saturated rings. The number of hydrogen-bond donors (Lipinski definition) is 1. The first-order valence-electron chi connectivity index (χ1n) is 5.91. The summed E-state index contributed by atoms with van der Waals surface area (Å²) >= 11 is 1.85. The Kier molecular flexibility index (Phi) is 5.36. The van der Waals surface area contributed by atoms with E-state index in [0.717, 1.165) is 12.2 Å². The van der Waals surface area contributed by atoms with Crippen molar-refractivity contribution in [2.45, 2.75) is 44.6 Å². The van der Waals surface area contributed by atoms with Crippen molar-refractivity contribution in [2.75, 3.05) is 5.75 Å². The second kappa shape index (κ2) is 6.31. The van der Waals surface area contributed by atoms with Crippen LogP contribution in [0.2, 0.25) is 0 Å². The van der Waals surface area contributed by atoms with Crippen LogP contribution in [0.25, 0.3) is 0 Å². The van der Waals surface area contributed by atoms with Gasteiger partial charge in [-0.25, -0.2) is 0 Å². The molecule has 1 nitrogen and oxygen atoms in total. The summed E-state index contributed by atoms with van der Waals surface area (Å²) in [6.45, 7) is 6.80. The molecule has 1 aromatic carbocycles. The van der Waals surface area contributed by atoms with Crippen LogP contribution in [0.1, 0.15) is 33.6 Å². The quantitative estimate of drug-likeness (QED) is 0.785. The molecular formula is C14H23NS. The van der Waals surface area contributed by atoms with Crippen LogP contribution < -0.4 is 5.73 Å². The van der Waals surface area contributed by atoms with E-state index < -0.39 is 0 Å². The van der Waals surface area contributed by atoms with Crippen molar-refractivity contribution in [1.29, 1.82) is 0 Å². The Morgan fingerprint density at radius 2 is 1.81 bits per heavy atom. The fourth-order valence-electron chi connectivity index (χ4n) is 1.42. The van der Waals surface area contributed by atoms with Crippen LogP contribution >= 0.6 is 11.8 Å². The Hall–Kier alpha value is -0.470. The van der Waals surface area contributed by atoms with Gasteiger partial charge in [0.2, 0.25) is 0 Å². The summed E-state index contributed by atoms with van der Waals surface area (Å²) in [5.41, 5.74) is 6.51. The maximum atomic E-state index is 6.11. The summed E-state index contributed by atoms with van der Waals surface area (Å²) in [6.07, 6.45) is 2.31. The first-order chi connectivity index (χ1) is 7.47. The standard InChI is InChI=1S/C14H23NS/c1-14(2,3)10-9-12(15)11-16-13-7-5-4-6-8-13/h4-8,12H,9-11,15H2,1-3H3. The third kappa shape index (κ3) is 6.19. The van der Waals surface area contributed by atoms with Crippen LogP contribution in [0.15, 0.2) is 35.2 Å². The molecule has 0 aromatic heterocycles. The molecule has 0 spiro atoms. The van der Waals surface area contributed by atoms with E-state index in [-0.39, 0.29) is 0 Å². The van der Waals surface area contributed by atoms with Crippen molar-refractivity contribution in [3.63, 3.8) is 0 Å². The van der Waals surface area contributed by atoms with Gasteiger partial charge < -0.3 is 5.73 Å². The minimum atomic E-state index is 0.310. The van der Waals surface area contributed by atoms with E-state index in [9.17, 15) is 0 Å². The number of benzene rings is 1. The van der Waals surface area contributed by atoms with Gasteiger partial charge in [0.05, 0.1) is 0 Å². The molecule has 1 aromatic rings. The molecule has 0 radical (unpaired) electrons. The summed E-state index contributed by atoms with van der Waals surface area (Å²) in [4.78, 5) is 1.31. The molecule has 0 saturated carbocycles. The van der Waals surface area contributed by atoms with Crippen molar-refractivity contribution >= 4 is 11.8 Å². The van der Waals surface area contributed by atoms with Crippen LogP contribution in [-0.4, -0.2) is 11.8 Å². The molecule has 0 heterocycles. The number of thioether (sulfide) groups is 1. The van der Waals surface area contributed by atoms with Crippen molar-refractivity contribution in [3.8, 4) is 0 Å². The molecule has 16 heavy (non-hydrogen) atoms. The zero-order valence-corrected chi connectivity index (χ0v) is 11.4. The van der Waals surface area contributed by atoms with E-state index in [1.165, 1.54) is 11.3 Å². The van der Waals surface area contributed by atoms with E-state index in [2.05, 4.69) is 45.0 Å². The van der Waals surface area contributed by atoms with Crippen LogP contribution in [0.4, 0.5) is 0 Å². The lowest BCUT2D eigenvalue weighted by Gasteiger charge is -2.20. The minimum absolute atomic E-state index is 0.310. The molecule has 0 bridgehead atoms. The summed E-state index contributed by atoms with van der Waals surface area (Å²) in [6, 6.07) is 10.8. The van der Waals surface area contributed by atoms with Gasteiger partial charge in [0.25, 0.3) is 0 Å². The van der Waals surface area contributed by atoms with Gasteiger partial charge in [0.1, 0.15) is 0 Å². The third-order valence-corrected chi connectivity index (χ3v) is 3.67. The van der Waals surface area contributed by atoms with Gasteiger partial charge in [-0.1, -0.05) is 39.0 Å². The van der Waals surface area contributed by atoms with Crippen molar-refractivity contribution in [1.82, 2.24) is 0 Å². The topological polar surface area (TPSA) is 26.0 Å². The smallest absolute Gasteiger partial charge is 0.0134 e. The Bertz CT molecular complexity index is 289. The molecule has 1 rings (SSSR count). The van der Waals surface area contributed by atoms with Gasteiger partial charge >= 0.3 is 0 Å². The molecule has 2 heteroatoms. The van der Waals surface area contributed by atoms with Gasteiger partial charge in [0.15, 0.2) is 0 Å². The zero-order valence-electron chi connectivity index (χ0n) is 10.6. The van der Waals surface area contributed by atoms with Gasteiger partial charge in [0, 0.05) is 16.7 Å². The molecule has 0 aliphatic heterocycles. The van der Waals surface area contributed by atoms with Gasteiger partial charge in [-0.15, -0.1) is 11.8 Å². The van der Waals surface area contributed by atoms with Gasteiger partial charge in [-0.05, 0) is 30.4 Å². The van der Waals surface area contributed by atoms with E-state index in [1.807, 2.05) is 17.8 Å². The highest BCUT2D eigenvalue weighted by Crippen LogP contribution is 2.23. The van der Waals surface area contributed by atoms with Crippen LogP contribution in [-0.2, 0) is 0 Å². The first-order valence-corrected chi connectivity index (χ1v) is 6.89. The third-order valence-electron chi connectivity index (χ3n) is 2.47. The second-order valence-corrected chi connectivity index (χ2v) is 6.58. The maximum Gasteiger partial charge on any atom is 0.0134 e. The molecule has 0 saturated heterocycles. The normalized spacial score (nSPS) is 13.8. The molecule has 0 amide bonds. The highest BCUT2D eigenvalue weighted by Gasteiger charge is 2.12. The predicted octanol–water partition coefficient (Wildman–Crippen LogP) is 3.93. The second-order valence-electron chi connectivity index (χ2n) is 5.48. The summed E-state index contributed by atoms with van der Waals surface area (Å²) in [5.74, 6) is 1.01. The molecule has 0 aliphatic carbocycles. The van der Waals surface area contributed by atoms with E-state index in [1.54, 1.807) is 0 Å². The summed E-state index contributed by atoms with van der Waals surface area (Å²) in [7, 11) is 0. The van der Waals surface area contributed by atoms with E-state index in [0.29, 0.717) is 11.5 Å². The average Bonchev–Trinajstić information content (AvgIpc) is 2.24. The lowest BCUT2D eigenvalue weighted by molar-refractivity contribution is 0.353. The molecule has 1 atom stereocenters. The summed E-state index contributed by atoms with van der Waals surface area (Å²) in [5, 5.41) is 0. The fraction of sp³-hybridized carbons (Fsp3) is 0.571. The van der Waals surface area contributed by atoms with Crippen molar-refractivity contribution in [2.24, 2.45) is 11.1 Å². The predicted molar refractivity (Wildman–Crippen MR) is 73.8 cm³/mol. The largest absolute Gasteiger partial charge is 0.327 e. The molecule has 2 N–H and O–H groups in total. The zero-order chi connectivity index (χ0) is 12.0. The van der Waals surface area contributed by atoms with Crippen molar-refractivity contribution in [3.05, 3.63) is 30.3 Å². The number of hydrogen-bond acceptors (Lipinski definition) is 2. The number of rotatable bonds is 5. The highest BCUT2D eigenvalue weighted by molar-refractivity contribution is 7.99. The Morgan fingerprint density at radius 1 is 1.19 bits per heavy atom. The SMILES string of the molecule is CC(C)(C)CCC(N)CSc1ccccc1. The van der Waals surface area contributed by atoms with Crippen LogP contribution in [0.5, 0.6) is 0 Å². The fourth-order valence-corrected chi connectivity index (χ4v) is 2.34. The first kappa shape index (κ1) is 13.6. The average molecular weight is 237 g/mol. The Balaban J connectivity index is 2.23.